The highest BCUT2D eigenvalue weighted by molar-refractivity contribution is 14.0. The van der Waals surface area contributed by atoms with Gasteiger partial charge in [-0.05, 0) is 36.6 Å². The molecule has 0 atom stereocenters. The van der Waals surface area contributed by atoms with Crippen molar-refractivity contribution < 1.29 is 4.74 Å². The molecule has 1 aromatic heterocycles. The number of nitrogens with one attached hydrogen (secondary N) is 1. The molecule has 0 aliphatic carbocycles. The second kappa shape index (κ2) is 10.5. The van der Waals surface area contributed by atoms with Gasteiger partial charge in [-0.2, -0.15) is 0 Å². The SMILES string of the molecule is COc1ccc(-c2nc(CN=C(N)NCCC(C)C)cs2)cc1.I. The zero-order valence-corrected chi connectivity index (χ0v) is 17.4. The van der Waals surface area contributed by atoms with Crippen molar-refractivity contribution in [2.75, 3.05) is 13.7 Å². The van der Waals surface area contributed by atoms with Crippen LogP contribution >= 0.6 is 35.3 Å². The van der Waals surface area contributed by atoms with Gasteiger partial charge in [0.15, 0.2) is 5.96 Å². The van der Waals surface area contributed by atoms with E-state index < -0.39 is 0 Å². The summed E-state index contributed by atoms with van der Waals surface area (Å²) >= 11 is 1.61. The number of hydrogen-bond donors (Lipinski definition) is 2. The maximum atomic E-state index is 5.86. The van der Waals surface area contributed by atoms with Crippen molar-refractivity contribution in [1.29, 1.82) is 0 Å². The minimum Gasteiger partial charge on any atom is -0.497 e. The Balaban J connectivity index is 0.00000288. The lowest BCUT2D eigenvalue weighted by atomic mass is 10.1. The average molecular weight is 460 g/mol. The number of thiazole rings is 1. The van der Waals surface area contributed by atoms with Crippen LogP contribution in [0.4, 0.5) is 0 Å². The quantitative estimate of drug-likeness (QED) is 0.374. The summed E-state index contributed by atoms with van der Waals surface area (Å²) in [6.45, 7) is 5.71. The van der Waals surface area contributed by atoms with E-state index in [4.69, 9.17) is 10.5 Å². The molecule has 0 saturated carbocycles. The maximum absolute atomic E-state index is 5.86. The van der Waals surface area contributed by atoms with Gasteiger partial charge in [-0.3, -0.25) is 0 Å². The molecule has 0 spiro atoms. The normalized spacial score (nSPS) is 11.2. The molecule has 1 heterocycles. The van der Waals surface area contributed by atoms with Gasteiger partial charge in [0, 0.05) is 17.5 Å². The standard InChI is InChI=1S/C17H24N4OS.HI/c1-12(2)8-9-19-17(18)20-10-14-11-23-16(21-14)13-4-6-15(22-3)7-5-13;/h4-7,11-12H,8-10H2,1-3H3,(H3,18,19,20);1H. The number of ether oxygens (including phenoxy) is 1. The minimum atomic E-state index is 0. The second-order valence-corrected chi connectivity index (χ2v) is 6.54. The fourth-order valence-electron chi connectivity index (χ4n) is 1.96. The molecule has 0 bridgehead atoms. The van der Waals surface area contributed by atoms with Crippen molar-refractivity contribution in [2.45, 2.75) is 26.8 Å². The predicted molar refractivity (Wildman–Crippen MR) is 112 cm³/mol. The van der Waals surface area contributed by atoms with Crippen molar-refractivity contribution in [3.63, 3.8) is 0 Å². The lowest BCUT2D eigenvalue weighted by Gasteiger charge is -2.06. The molecule has 24 heavy (non-hydrogen) atoms. The topological polar surface area (TPSA) is 72.5 Å². The molecular weight excluding hydrogens is 435 g/mol. The van der Waals surface area contributed by atoms with Crippen molar-refractivity contribution in [2.24, 2.45) is 16.6 Å². The van der Waals surface area contributed by atoms with E-state index >= 15 is 0 Å². The van der Waals surface area contributed by atoms with E-state index in [0.29, 0.717) is 18.4 Å². The monoisotopic (exact) mass is 460 g/mol. The number of nitrogens with zero attached hydrogens (tertiary/aromatic N) is 2. The van der Waals surface area contributed by atoms with Crippen molar-refractivity contribution in [1.82, 2.24) is 10.3 Å². The van der Waals surface area contributed by atoms with Crippen LogP contribution in [0.1, 0.15) is 26.0 Å². The van der Waals surface area contributed by atoms with Crippen LogP contribution in [0, 0.1) is 5.92 Å². The number of rotatable bonds is 7. The van der Waals surface area contributed by atoms with Crippen molar-refractivity contribution >= 4 is 41.3 Å². The fourth-order valence-corrected chi connectivity index (χ4v) is 2.77. The highest BCUT2D eigenvalue weighted by Crippen LogP contribution is 2.25. The first-order chi connectivity index (χ1) is 11.1. The molecular formula is C17H25IN4OS. The van der Waals surface area contributed by atoms with E-state index in [2.05, 4.69) is 29.1 Å². The zero-order valence-electron chi connectivity index (χ0n) is 14.3. The third-order valence-corrected chi connectivity index (χ3v) is 4.27. The summed E-state index contributed by atoms with van der Waals surface area (Å²) in [6.07, 6.45) is 1.08. The molecule has 0 amide bonds. The van der Waals surface area contributed by atoms with Gasteiger partial charge >= 0.3 is 0 Å². The molecule has 3 N–H and O–H groups in total. The summed E-state index contributed by atoms with van der Waals surface area (Å²) in [5, 5.41) is 6.12. The van der Waals surface area contributed by atoms with Crippen LogP contribution in [0.2, 0.25) is 0 Å². The molecule has 0 aliphatic rings. The highest BCUT2D eigenvalue weighted by Gasteiger charge is 2.05. The van der Waals surface area contributed by atoms with Crippen LogP contribution in [0.5, 0.6) is 5.75 Å². The van der Waals surface area contributed by atoms with Gasteiger partial charge in [0.2, 0.25) is 0 Å². The predicted octanol–water partition coefficient (Wildman–Crippen LogP) is 3.89. The van der Waals surface area contributed by atoms with E-state index in [9.17, 15) is 0 Å². The largest absolute Gasteiger partial charge is 0.497 e. The highest BCUT2D eigenvalue weighted by atomic mass is 127. The molecule has 0 fully saturated rings. The molecule has 132 valence electrons. The number of methoxy groups -OCH3 is 1. The van der Waals surface area contributed by atoms with Gasteiger partial charge in [-0.25, -0.2) is 9.98 Å². The number of guanidine groups is 1. The summed E-state index contributed by atoms with van der Waals surface area (Å²) in [5.74, 6) is 1.97. The summed E-state index contributed by atoms with van der Waals surface area (Å²) in [4.78, 5) is 8.94. The Morgan fingerprint density at radius 3 is 2.67 bits per heavy atom. The van der Waals surface area contributed by atoms with Crippen LogP contribution in [0.25, 0.3) is 10.6 Å². The van der Waals surface area contributed by atoms with Gasteiger partial charge in [0.05, 0.1) is 19.3 Å². The Hall–Kier alpha value is -1.35. The first kappa shape index (κ1) is 20.7. The summed E-state index contributed by atoms with van der Waals surface area (Å²) in [5.41, 5.74) is 7.86. The Bertz CT molecular complexity index is 640. The summed E-state index contributed by atoms with van der Waals surface area (Å²) in [6, 6.07) is 7.88. The van der Waals surface area contributed by atoms with E-state index in [0.717, 1.165) is 35.0 Å². The number of hydrogen-bond acceptors (Lipinski definition) is 4. The first-order valence-electron chi connectivity index (χ1n) is 7.71. The number of nitrogens with two attached hydrogens (primary N) is 1. The molecule has 0 radical (unpaired) electrons. The molecule has 0 aliphatic heterocycles. The van der Waals surface area contributed by atoms with Crippen molar-refractivity contribution in [3.8, 4) is 16.3 Å². The Labute approximate surface area is 164 Å². The number of aliphatic imine (C=N–C) groups is 1. The van der Waals surface area contributed by atoms with Crippen LogP contribution in [0.3, 0.4) is 0 Å². The number of aromatic nitrogens is 1. The summed E-state index contributed by atoms with van der Waals surface area (Å²) < 4.78 is 5.17. The Morgan fingerprint density at radius 2 is 2.04 bits per heavy atom. The number of halogens is 1. The summed E-state index contributed by atoms with van der Waals surface area (Å²) in [7, 11) is 1.66. The van der Waals surface area contributed by atoms with E-state index in [-0.39, 0.29) is 24.0 Å². The molecule has 5 nitrogen and oxygen atoms in total. The third-order valence-electron chi connectivity index (χ3n) is 3.33. The average Bonchev–Trinajstić information content (AvgIpc) is 3.01. The lowest BCUT2D eigenvalue weighted by Crippen LogP contribution is -2.32. The van der Waals surface area contributed by atoms with Gasteiger partial charge in [-0.15, -0.1) is 35.3 Å². The number of benzene rings is 1. The maximum Gasteiger partial charge on any atom is 0.188 e. The van der Waals surface area contributed by atoms with Crippen LogP contribution < -0.4 is 15.8 Å². The van der Waals surface area contributed by atoms with Gasteiger partial charge < -0.3 is 15.8 Å². The molecule has 7 heteroatoms. The second-order valence-electron chi connectivity index (χ2n) is 5.68. The van der Waals surface area contributed by atoms with Gasteiger partial charge in [0.25, 0.3) is 0 Å². The van der Waals surface area contributed by atoms with E-state index in [1.807, 2.05) is 29.6 Å². The molecule has 2 rings (SSSR count). The molecule has 0 saturated heterocycles. The van der Waals surface area contributed by atoms with Gasteiger partial charge in [0.1, 0.15) is 10.8 Å². The fraction of sp³-hybridized carbons (Fsp3) is 0.412. The van der Waals surface area contributed by atoms with Crippen LogP contribution in [0.15, 0.2) is 34.6 Å². The molecule has 2 aromatic rings. The Morgan fingerprint density at radius 1 is 1.33 bits per heavy atom. The smallest absolute Gasteiger partial charge is 0.188 e. The van der Waals surface area contributed by atoms with Crippen molar-refractivity contribution in [3.05, 3.63) is 35.3 Å². The lowest BCUT2D eigenvalue weighted by molar-refractivity contribution is 0.415. The molecule has 0 unspecified atom stereocenters. The Kier molecular flexibility index (Phi) is 9.05. The van der Waals surface area contributed by atoms with E-state index in [1.54, 1.807) is 18.4 Å². The van der Waals surface area contributed by atoms with Crippen LogP contribution in [-0.2, 0) is 6.54 Å². The third kappa shape index (κ3) is 6.64. The first-order valence-corrected chi connectivity index (χ1v) is 8.59. The van der Waals surface area contributed by atoms with E-state index in [1.165, 1.54) is 0 Å². The zero-order chi connectivity index (χ0) is 16.7. The van der Waals surface area contributed by atoms with Gasteiger partial charge in [-0.1, -0.05) is 13.8 Å². The minimum absolute atomic E-state index is 0. The van der Waals surface area contributed by atoms with Crippen LogP contribution in [-0.4, -0.2) is 24.6 Å². The molecule has 1 aromatic carbocycles.